The first-order chi connectivity index (χ1) is 14.1. The van der Waals surface area contributed by atoms with E-state index in [2.05, 4.69) is 26.0 Å². The molecule has 1 atom stereocenters. The molecule has 5 nitrogen and oxygen atoms in total. The van der Waals surface area contributed by atoms with Crippen molar-refractivity contribution >= 4 is 48.9 Å². The van der Waals surface area contributed by atoms with E-state index in [0.717, 1.165) is 22.6 Å². The number of halogens is 2. The Hall–Kier alpha value is 2.77. The molecule has 179 valence electrons. The van der Waals surface area contributed by atoms with Crippen molar-refractivity contribution < 1.29 is 125 Å². The second kappa shape index (κ2) is 20.7. The van der Waals surface area contributed by atoms with Crippen LogP contribution in [0, 0.1) is 6.66 Å². The smallest absolute Gasteiger partial charge is 0 e. The van der Waals surface area contributed by atoms with Gasteiger partial charge < -0.3 is 15.9 Å². The van der Waals surface area contributed by atoms with Gasteiger partial charge >= 0.3 is 181 Å². The van der Waals surface area contributed by atoms with Gasteiger partial charge in [-0.15, -0.1) is 0 Å². The minimum Gasteiger partial charge on any atom is -0.323 e. The summed E-state index contributed by atoms with van der Waals surface area (Å²) in [7, 11) is 13.8. The summed E-state index contributed by atoms with van der Waals surface area (Å²) in [6.07, 6.45) is 0.182. The molecular weight excluding hydrogens is 818 g/mol. The Kier molecular flexibility index (Phi) is 25.2. The SMILES string of the molecule is CC(C)[OH+]c1ccccc1NCc1ccc(S(=O)(=O)N(C)C)cc1[CH]=[Ru]([Cl])[Cl].[CH2-]P.[Y].[Y].[Y]. The van der Waals surface area contributed by atoms with Crippen molar-refractivity contribution in [2.24, 2.45) is 0 Å². The molecule has 0 aliphatic carbocycles. The number of aliphatic hydroxyl groups is 1. The van der Waals surface area contributed by atoms with Crippen molar-refractivity contribution in [3.63, 3.8) is 0 Å². The first-order valence-electron chi connectivity index (χ1n) is 8.94. The summed E-state index contributed by atoms with van der Waals surface area (Å²) in [5.41, 5.74) is 2.56. The number of nitrogens with zero attached hydrogens (tertiary/aromatic N) is 1. The molecule has 0 spiro atoms. The predicted octanol–water partition coefficient (Wildman–Crippen LogP) is 4.92. The van der Waals surface area contributed by atoms with Crippen LogP contribution in [-0.2, 0) is 128 Å². The number of hydrogen-bond acceptors (Lipinski definition) is 3. The third-order valence-corrected chi connectivity index (χ3v) is 7.50. The molecular formula is C20H29Cl2N2O3PRuSY3. The average molecular weight is 847 g/mol. The van der Waals surface area contributed by atoms with E-state index < -0.39 is 23.5 Å². The van der Waals surface area contributed by atoms with Crippen LogP contribution in [0.2, 0.25) is 0 Å². The van der Waals surface area contributed by atoms with Crippen molar-refractivity contribution in [3.05, 3.63) is 60.3 Å². The van der Waals surface area contributed by atoms with Crippen molar-refractivity contribution in [2.75, 3.05) is 19.4 Å². The number of para-hydroxylation sites is 2. The Bertz CT molecular complexity index is 981. The van der Waals surface area contributed by atoms with Crippen LogP contribution in [0.15, 0.2) is 47.4 Å². The molecule has 33 heavy (non-hydrogen) atoms. The molecule has 1 unspecified atom stereocenters. The molecule has 0 fully saturated rings. The first kappa shape index (κ1) is 40.3. The summed E-state index contributed by atoms with van der Waals surface area (Å²) in [6.45, 7) is 7.72. The van der Waals surface area contributed by atoms with Crippen LogP contribution in [0.4, 0.5) is 5.69 Å². The Balaban J connectivity index is -0.00000175. The summed E-state index contributed by atoms with van der Waals surface area (Å²) < 4.78 is 32.4. The van der Waals surface area contributed by atoms with Gasteiger partial charge in [0.15, 0.2) is 0 Å². The maximum absolute atomic E-state index is 12.4. The third kappa shape index (κ3) is 13.9. The minimum absolute atomic E-state index is 0. The molecule has 2 N–H and O–H groups in total. The number of benzene rings is 2. The van der Waals surface area contributed by atoms with E-state index in [4.69, 9.17) is 19.4 Å². The molecule has 2 aromatic carbocycles. The van der Waals surface area contributed by atoms with Gasteiger partial charge in [0.05, 0.1) is 0 Å². The maximum atomic E-state index is 12.4. The van der Waals surface area contributed by atoms with Gasteiger partial charge in [-0.2, -0.15) is 0 Å². The predicted molar refractivity (Wildman–Crippen MR) is 130 cm³/mol. The topological polar surface area (TPSA) is 62.2 Å². The zero-order valence-electron chi connectivity index (χ0n) is 19.1. The normalized spacial score (nSPS) is 10.5. The minimum atomic E-state index is -3.53. The summed E-state index contributed by atoms with van der Waals surface area (Å²) in [5.74, 6) is 0.886. The van der Waals surface area contributed by atoms with Crippen molar-refractivity contribution in [1.29, 1.82) is 0 Å². The molecule has 0 saturated carbocycles. The fourth-order valence-corrected chi connectivity index (χ4v) is 5.28. The van der Waals surface area contributed by atoms with Crippen LogP contribution >= 0.6 is 28.6 Å². The van der Waals surface area contributed by atoms with Crippen LogP contribution in [-0.4, -0.2) is 42.3 Å². The van der Waals surface area contributed by atoms with E-state index in [1.807, 2.05) is 38.1 Å². The Morgan fingerprint density at radius 2 is 1.70 bits per heavy atom. The van der Waals surface area contributed by atoms with Gasteiger partial charge in [-0.1, -0.05) is 0 Å². The summed E-state index contributed by atoms with van der Waals surface area (Å²) in [6, 6.07) is 12.9. The fraction of sp³-hybridized carbons (Fsp3) is 0.300. The Labute approximate surface area is 290 Å². The third-order valence-electron chi connectivity index (χ3n) is 3.85. The zero-order valence-corrected chi connectivity index (χ0v) is 32.9. The van der Waals surface area contributed by atoms with Gasteiger partial charge in [0, 0.05) is 98.1 Å². The van der Waals surface area contributed by atoms with Crippen molar-refractivity contribution in [1.82, 2.24) is 4.31 Å². The summed E-state index contributed by atoms with van der Waals surface area (Å²) in [4.78, 5) is 0.214. The van der Waals surface area contributed by atoms with Gasteiger partial charge in [0.1, 0.15) is 0 Å². The summed E-state index contributed by atoms with van der Waals surface area (Å²) in [5, 5.41) is 3.39. The monoisotopic (exact) mass is 847 g/mol. The second-order valence-electron chi connectivity index (χ2n) is 6.55. The maximum Gasteiger partial charge on any atom is 0 e. The number of hydrogen-bond donors (Lipinski definition) is 1. The van der Waals surface area contributed by atoms with Gasteiger partial charge in [-0.3, -0.25) is 0 Å². The standard InChI is InChI=1S/C19H24N2O3S.CH4P.2ClH.Ru.3Y/c1-14(2)24-19-9-7-6-8-18(19)20-13-16-10-11-17(12-15(16)3)25(22,23)21(4)5;1-2;;;;;;/h3,6-12,14,20H,13H2,1-2,4-5H3;1-2H2;2*1H;;;;/q;-1;;;+2;;;/p-1. The number of anilines is 1. The largest absolute Gasteiger partial charge is 0.323 e. The number of ether oxygens (including phenoxy) is 1. The van der Waals surface area contributed by atoms with Gasteiger partial charge in [-0.25, -0.2) is 0 Å². The van der Waals surface area contributed by atoms with Gasteiger partial charge in [-0.05, 0) is 0 Å². The molecule has 13 heteroatoms. The number of aromatic hydroxyl groups is 1. The molecule has 0 amide bonds. The van der Waals surface area contributed by atoms with E-state index in [1.165, 1.54) is 18.4 Å². The van der Waals surface area contributed by atoms with E-state index in [9.17, 15) is 8.42 Å². The number of nitrogens with one attached hydrogen (secondary N) is 1. The van der Waals surface area contributed by atoms with E-state index in [0.29, 0.717) is 6.54 Å². The van der Waals surface area contributed by atoms with E-state index >= 15 is 0 Å². The average Bonchev–Trinajstić information content (AvgIpc) is 2.68. The quantitative estimate of drug-likeness (QED) is 0.135. The molecule has 2 aromatic rings. The van der Waals surface area contributed by atoms with E-state index in [-0.39, 0.29) is 109 Å². The Morgan fingerprint density at radius 1 is 1.12 bits per heavy atom. The number of rotatable bonds is 8. The molecule has 0 bridgehead atoms. The molecule has 0 aromatic heterocycles. The molecule has 0 aliphatic rings. The zero-order chi connectivity index (χ0) is 22.9. The van der Waals surface area contributed by atoms with Crippen molar-refractivity contribution in [3.8, 4) is 5.75 Å². The second-order valence-corrected chi connectivity index (χ2v) is 14.4. The molecule has 0 heterocycles. The fourth-order valence-electron chi connectivity index (χ4n) is 2.49. The molecule has 0 aliphatic heterocycles. The summed E-state index contributed by atoms with van der Waals surface area (Å²) >= 11 is -2.13. The van der Waals surface area contributed by atoms with Crippen LogP contribution in [0.25, 0.3) is 0 Å². The van der Waals surface area contributed by atoms with Crippen LogP contribution in [0.5, 0.6) is 5.75 Å². The molecule has 3 radical (unpaired) electrons. The first-order valence-corrected chi connectivity index (χ1v) is 16.7. The van der Waals surface area contributed by atoms with Crippen LogP contribution in [0.3, 0.4) is 0 Å². The van der Waals surface area contributed by atoms with Crippen LogP contribution < -0.4 is 5.32 Å². The van der Waals surface area contributed by atoms with Crippen LogP contribution in [0.1, 0.15) is 25.0 Å². The number of sulfonamides is 1. The van der Waals surface area contributed by atoms with Crippen molar-refractivity contribution in [2.45, 2.75) is 31.4 Å². The van der Waals surface area contributed by atoms with Gasteiger partial charge in [0.2, 0.25) is 0 Å². The van der Waals surface area contributed by atoms with E-state index in [1.54, 1.807) is 22.8 Å². The Morgan fingerprint density at radius 3 is 2.21 bits per heavy atom. The molecule has 0 saturated heterocycles. The molecule has 2 rings (SSSR count). The van der Waals surface area contributed by atoms with Gasteiger partial charge in [0.25, 0.3) is 0 Å².